The van der Waals surface area contributed by atoms with E-state index in [1.165, 1.54) is 0 Å². The topological polar surface area (TPSA) is 70.0 Å². The molecule has 1 aromatic carbocycles. The lowest BCUT2D eigenvalue weighted by molar-refractivity contribution is 0.0288. The molecule has 2 rings (SSSR count). The van der Waals surface area contributed by atoms with Crippen molar-refractivity contribution in [3.63, 3.8) is 0 Å². The van der Waals surface area contributed by atoms with Gasteiger partial charge in [-0.25, -0.2) is 4.79 Å². The number of rotatable bonds is 3. The summed E-state index contributed by atoms with van der Waals surface area (Å²) in [6.07, 6.45) is 1.35. The number of nitrogens with zero attached hydrogens (tertiary/aromatic N) is 1. The van der Waals surface area contributed by atoms with Gasteiger partial charge in [-0.15, -0.1) is 0 Å². The van der Waals surface area contributed by atoms with Gasteiger partial charge in [0, 0.05) is 13.1 Å². The summed E-state index contributed by atoms with van der Waals surface area (Å²) in [6, 6.07) is 7.31. The lowest BCUT2D eigenvalue weighted by Crippen LogP contribution is -2.36. The zero-order valence-electron chi connectivity index (χ0n) is 13.5. The van der Waals surface area contributed by atoms with Crippen molar-refractivity contribution in [3.05, 3.63) is 29.8 Å². The fraction of sp³-hybridized carbons (Fsp3) is 0.562. The van der Waals surface area contributed by atoms with Crippen LogP contribution in [0.3, 0.4) is 0 Å². The van der Waals surface area contributed by atoms with E-state index < -0.39 is 12.7 Å². The molecule has 0 spiro atoms. The Kier molecular flexibility index (Phi) is 5.14. The molecule has 1 aliphatic rings. The molecule has 1 fully saturated rings. The normalized spacial score (nSPS) is 18.4. The molecule has 5 nitrogen and oxygen atoms in total. The van der Waals surface area contributed by atoms with Crippen LogP contribution in [-0.2, 0) is 11.2 Å². The van der Waals surface area contributed by atoms with Crippen molar-refractivity contribution in [2.24, 2.45) is 5.92 Å². The fourth-order valence-electron chi connectivity index (χ4n) is 2.77. The molecule has 1 amide bonds. The van der Waals surface area contributed by atoms with Crippen LogP contribution in [-0.4, -0.2) is 46.9 Å². The highest BCUT2D eigenvalue weighted by Crippen LogP contribution is 2.22. The minimum absolute atomic E-state index is 0.273. The predicted molar refractivity (Wildman–Crippen MR) is 85.9 cm³/mol. The molecule has 1 heterocycles. The monoisotopic (exact) mass is 305 g/mol. The summed E-state index contributed by atoms with van der Waals surface area (Å²) < 4.78 is 5.39. The Hall–Kier alpha value is -1.53. The molecule has 22 heavy (non-hydrogen) atoms. The first-order valence-corrected chi connectivity index (χ1v) is 7.68. The van der Waals surface area contributed by atoms with E-state index >= 15 is 0 Å². The Bertz CT molecular complexity index is 527. The first kappa shape index (κ1) is 16.8. The molecule has 6 heteroatoms. The summed E-state index contributed by atoms with van der Waals surface area (Å²) in [4.78, 5) is 13.8. The van der Waals surface area contributed by atoms with Crippen molar-refractivity contribution in [1.29, 1.82) is 0 Å². The number of hydrogen-bond donors (Lipinski definition) is 2. The highest BCUT2D eigenvalue weighted by atomic mass is 16.6. The second kappa shape index (κ2) is 6.71. The highest BCUT2D eigenvalue weighted by molar-refractivity contribution is 6.59. The van der Waals surface area contributed by atoms with Crippen molar-refractivity contribution >= 4 is 18.7 Å². The fourth-order valence-corrected chi connectivity index (χ4v) is 2.77. The van der Waals surface area contributed by atoms with Crippen molar-refractivity contribution in [2.75, 3.05) is 13.1 Å². The van der Waals surface area contributed by atoms with Gasteiger partial charge in [0.1, 0.15) is 5.60 Å². The van der Waals surface area contributed by atoms with Crippen LogP contribution in [0.5, 0.6) is 0 Å². The number of ether oxygens (including phenoxy) is 1. The molecule has 1 aliphatic heterocycles. The Morgan fingerprint density at radius 1 is 1.36 bits per heavy atom. The van der Waals surface area contributed by atoms with Crippen molar-refractivity contribution in [2.45, 2.75) is 39.2 Å². The second-order valence-corrected chi connectivity index (χ2v) is 6.86. The summed E-state index contributed by atoms with van der Waals surface area (Å²) in [6.45, 7) is 6.90. The van der Waals surface area contributed by atoms with Crippen LogP contribution in [0, 0.1) is 5.92 Å². The van der Waals surface area contributed by atoms with Gasteiger partial charge >= 0.3 is 13.2 Å². The minimum Gasteiger partial charge on any atom is -0.444 e. The molecule has 0 bridgehead atoms. The van der Waals surface area contributed by atoms with Crippen LogP contribution < -0.4 is 5.46 Å². The number of hydrogen-bond acceptors (Lipinski definition) is 4. The molecule has 0 radical (unpaired) electrons. The largest absolute Gasteiger partial charge is 0.488 e. The highest BCUT2D eigenvalue weighted by Gasteiger charge is 2.30. The summed E-state index contributed by atoms with van der Waals surface area (Å²) in [5.74, 6) is 0.312. The van der Waals surface area contributed by atoms with Gasteiger partial charge in [0.15, 0.2) is 0 Å². The smallest absolute Gasteiger partial charge is 0.444 e. The van der Waals surface area contributed by atoms with Gasteiger partial charge in [-0.05, 0) is 50.6 Å². The first-order chi connectivity index (χ1) is 10.3. The Morgan fingerprint density at radius 2 is 2.05 bits per heavy atom. The quantitative estimate of drug-likeness (QED) is 0.822. The third-order valence-corrected chi connectivity index (χ3v) is 3.78. The Balaban J connectivity index is 1.96. The third kappa shape index (κ3) is 4.48. The predicted octanol–water partition coefficient (Wildman–Crippen LogP) is 1.17. The molecular formula is C16H24BNO4. The van der Waals surface area contributed by atoms with Crippen molar-refractivity contribution in [1.82, 2.24) is 4.90 Å². The summed E-state index contributed by atoms with van der Waals surface area (Å²) >= 11 is 0. The molecule has 1 saturated heterocycles. The van der Waals surface area contributed by atoms with E-state index in [9.17, 15) is 14.8 Å². The van der Waals surface area contributed by atoms with Crippen LogP contribution >= 0.6 is 0 Å². The number of likely N-dealkylation sites (tertiary alicyclic amines) is 1. The lowest BCUT2D eigenvalue weighted by Gasteiger charge is -2.24. The van der Waals surface area contributed by atoms with Crippen molar-refractivity contribution in [3.8, 4) is 0 Å². The van der Waals surface area contributed by atoms with E-state index in [0.29, 0.717) is 24.5 Å². The summed E-state index contributed by atoms with van der Waals surface area (Å²) in [7, 11) is -1.46. The molecule has 2 N–H and O–H groups in total. The van der Waals surface area contributed by atoms with Gasteiger partial charge in [-0.2, -0.15) is 0 Å². The SMILES string of the molecule is CC(C)(C)OC(=O)N1CCC(Cc2ccccc2B(O)O)C1. The summed E-state index contributed by atoms with van der Waals surface area (Å²) in [5, 5.41) is 18.8. The molecule has 0 saturated carbocycles. The van der Waals surface area contributed by atoms with E-state index in [2.05, 4.69) is 0 Å². The maximum absolute atomic E-state index is 12.1. The average Bonchev–Trinajstić information content (AvgIpc) is 2.86. The zero-order valence-corrected chi connectivity index (χ0v) is 13.5. The molecular weight excluding hydrogens is 281 g/mol. The molecule has 0 aliphatic carbocycles. The lowest BCUT2D eigenvalue weighted by atomic mass is 9.75. The van der Waals surface area contributed by atoms with Gasteiger partial charge in [-0.1, -0.05) is 24.3 Å². The van der Waals surface area contributed by atoms with E-state index in [0.717, 1.165) is 18.4 Å². The van der Waals surface area contributed by atoms with E-state index in [4.69, 9.17) is 4.74 Å². The number of amides is 1. The minimum atomic E-state index is -1.46. The van der Waals surface area contributed by atoms with Crippen LogP contribution in [0.15, 0.2) is 24.3 Å². The Morgan fingerprint density at radius 3 is 2.68 bits per heavy atom. The maximum atomic E-state index is 12.1. The molecule has 0 aromatic heterocycles. The third-order valence-electron chi connectivity index (χ3n) is 3.78. The first-order valence-electron chi connectivity index (χ1n) is 7.68. The standard InChI is InChI=1S/C16H24BNO4/c1-16(2,3)22-15(19)18-9-8-12(11-18)10-13-6-4-5-7-14(13)17(20)21/h4-7,12,20-21H,8-11H2,1-3H3. The van der Waals surface area contributed by atoms with Crippen LogP contribution in [0.1, 0.15) is 32.8 Å². The zero-order chi connectivity index (χ0) is 16.3. The van der Waals surface area contributed by atoms with Crippen molar-refractivity contribution < 1.29 is 19.6 Å². The second-order valence-electron chi connectivity index (χ2n) is 6.86. The van der Waals surface area contributed by atoms with Gasteiger partial charge in [0.05, 0.1) is 0 Å². The molecule has 120 valence electrons. The van der Waals surface area contributed by atoms with E-state index in [-0.39, 0.29) is 6.09 Å². The number of carbonyl (C=O) groups is 1. The Labute approximate surface area is 132 Å². The van der Waals surface area contributed by atoms with E-state index in [1.807, 2.05) is 32.9 Å². The van der Waals surface area contributed by atoms with Gasteiger partial charge in [0.2, 0.25) is 0 Å². The van der Waals surface area contributed by atoms with E-state index in [1.54, 1.807) is 17.0 Å². The number of benzene rings is 1. The summed E-state index contributed by atoms with van der Waals surface area (Å²) in [5.41, 5.74) is 0.981. The van der Waals surface area contributed by atoms with Crippen LogP contribution in [0.25, 0.3) is 0 Å². The van der Waals surface area contributed by atoms with Gasteiger partial charge in [-0.3, -0.25) is 0 Å². The van der Waals surface area contributed by atoms with Crippen LogP contribution in [0.2, 0.25) is 0 Å². The average molecular weight is 305 g/mol. The van der Waals surface area contributed by atoms with Crippen LogP contribution in [0.4, 0.5) is 4.79 Å². The molecule has 1 unspecified atom stereocenters. The number of carbonyl (C=O) groups excluding carboxylic acids is 1. The van der Waals surface area contributed by atoms with Gasteiger partial charge in [0.25, 0.3) is 0 Å². The van der Waals surface area contributed by atoms with Gasteiger partial charge < -0.3 is 19.7 Å². The molecule has 1 atom stereocenters. The maximum Gasteiger partial charge on any atom is 0.488 e. The molecule has 1 aromatic rings.